The molecule has 7 heteroatoms. The molecule has 0 saturated carbocycles. The Kier molecular flexibility index (Phi) is 7.80. The standard InChI is InChI=1S/C21H32FN3O3/c1-15(19(26)23-13-17-9-5-6-10-18(17)22)25-11-7-8-16(14-25)12-24-20(27)28-21(2,3)4/h5-6,9-10,15-16H,7-8,11-14H2,1-4H3,(H,23,26)(H,24,27). The molecule has 28 heavy (non-hydrogen) atoms. The largest absolute Gasteiger partial charge is 0.444 e. The predicted octanol–water partition coefficient (Wildman–Crippen LogP) is 3.07. The molecule has 2 rings (SSSR count). The third-order valence-electron chi connectivity index (χ3n) is 4.82. The van der Waals surface area contributed by atoms with Gasteiger partial charge in [-0.25, -0.2) is 9.18 Å². The number of carbonyl (C=O) groups is 2. The van der Waals surface area contributed by atoms with Crippen LogP contribution in [0, 0.1) is 11.7 Å². The number of likely N-dealkylation sites (tertiary alicyclic amines) is 1. The number of nitrogens with one attached hydrogen (secondary N) is 2. The van der Waals surface area contributed by atoms with Crippen molar-refractivity contribution in [3.8, 4) is 0 Å². The fourth-order valence-electron chi connectivity index (χ4n) is 3.30. The van der Waals surface area contributed by atoms with Crippen LogP contribution in [0.1, 0.15) is 46.1 Å². The first-order valence-electron chi connectivity index (χ1n) is 9.87. The second-order valence-electron chi connectivity index (χ2n) is 8.37. The van der Waals surface area contributed by atoms with Gasteiger partial charge in [-0.05, 0) is 59.1 Å². The number of rotatable bonds is 6. The molecule has 0 aliphatic carbocycles. The number of alkyl carbamates (subject to hydrolysis) is 1. The fourth-order valence-corrected chi connectivity index (χ4v) is 3.30. The van der Waals surface area contributed by atoms with Crippen molar-refractivity contribution in [3.05, 3.63) is 35.6 Å². The summed E-state index contributed by atoms with van der Waals surface area (Å²) in [5, 5.41) is 5.64. The zero-order valence-electron chi connectivity index (χ0n) is 17.3. The zero-order chi connectivity index (χ0) is 20.7. The molecule has 1 heterocycles. The first-order valence-corrected chi connectivity index (χ1v) is 9.87. The zero-order valence-corrected chi connectivity index (χ0v) is 17.3. The van der Waals surface area contributed by atoms with Crippen LogP contribution in [0.2, 0.25) is 0 Å². The van der Waals surface area contributed by atoms with Crippen LogP contribution in [0.15, 0.2) is 24.3 Å². The van der Waals surface area contributed by atoms with Crippen LogP contribution in [0.3, 0.4) is 0 Å². The van der Waals surface area contributed by atoms with Crippen LogP contribution in [0.25, 0.3) is 0 Å². The number of halogens is 1. The summed E-state index contributed by atoms with van der Waals surface area (Å²) >= 11 is 0. The van der Waals surface area contributed by atoms with Gasteiger partial charge in [0, 0.05) is 25.2 Å². The van der Waals surface area contributed by atoms with Crippen LogP contribution in [0.4, 0.5) is 9.18 Å². The molecule has 0 radical (unpaired) electrons. The number of nitrogens with zero attached hydrogens (tertiary/aromatic N) is 1. The first kappa shape index (κ1) is 22.1. The predicted molar refractivity (Wildman–Crippen MR) is 106 cm³/mol. The highest BCUT2D eigenvalue weighted by Crippen LogP contribution is 2.18. The molecule has 1 aliphatic rings. The van der Waals surface area contributed by atoms with Gasteiger partial charge in [-0.2, -0.15) is 0 Å². The van der Waals surface area contributed by atoms with E-state index in [9.17, 15) is 14.0 Å². The SMILES string of the molecule is CC(C(=O)NCc1ccccc1F)N1CCCC(CNC(=O)OC(C)(C)C)C1. The van der Waals surface area contributed by atoms with Gasteiger partial charge in [-0.15, -0.1) is 0 Å². The highest BCUT2D eigenvalue weighted by molar-refractivity contribution is 5.81. The van der Waals surface area contributed by atoms with Gasteiger partial charge in [0.1, 0.15) is 11.4 Å². The summed E-state index contributed by atoms with van der Waals surface area (Å²) in [6, 6.07) is 6.12. The summed E-state index contributed by atoms with van der Waals surface area (Å²) in [5.74, 6) is -0.172. The lowest BCUT2D eigenvalue weighted by atomic mass is 9.96. The Balaban J connectivity index is 1.79. The minimum atomic E-state index is -0.520. The number of amides is 2. The molecule has 0 spiro atoms. The second-order valence-corrected chi connectivity index (χ2v) is 8.37. The number of ether oxygens (including phenoxy) is 1. The molecule has 156 valence electrons. The molecule has 2 unspecified atom stereocenters. The minimum absolute atomic E-state index is 0.121. The van der Waals surface area contributed by atoms with E-state index in [0.29, 0.717) is 12.1 Å². The topological polar surface area (TPSA) is 70.7 Å². The van der Waals surface area contributed by atoms with E-state index in [4.69, 9.17) is 4.74 Å². The molecule has 1 aromatic carbocycles. The Hall–Kier alpha value is -2.15. The second kappa shape index (κ2) is 9.87. The average molecular weight is 394 g/mol. The summed E-state index contributed by atoms with van der Waals surface area (Å²) in [7, 11) is 0. The van der Waals surface area contributed by atoms with Gasteiger partial charge in [-0.3, -0.25) is 9.69 Å². The van der Waals surface area contributed by atoms with Crippen molar-refractivity contribution < 1.29 is 18.7 Å². The van der Waals surface area contributed by atoms with Gasteiger partial charge in [0.25, 0.3) is 0 Å². The molecule has 2 N–H and O–H groups in total. The molecule has 1 aliphatic heterocycles. The molecular weight excluding hydrogens is 361 g/mol. The Morgan fingerprint density at radius 1 is 1.29 bits per heavy atom. The molecule has 2 atom stereocenters. The van der Waals surface area contributed by atoms with Gasteiger partial charge in [0.05, 0.1) is 6.04 Å². The van der Waals surface area contributed by atoms with Crippen LogP contribution in [-0.2, 0) is 16.1 Å². The van der Waals surface area contributed by atoms with Crippen molar-refractivity contribution >= 4 is 12.0 Å². The lowest BCUT2D eigenvalue weighted by Crippen LogP contribution is -2.50. The van der Waals surface area contributed by atoms with E-state index in [1.807, 2.05) is 27.7 Å². The fraction of sp³-hybridized carbons (Fsp3) is 0.619. The van der Waals surface area contributed by atoms with Crippen molar-refractivity contribution in [1.29, 1.82) is 0 Å². The van der Waals surface area contributed by atoms with E-state index < -0.39 is 11.7 Å². The molecule has 2 amide bonds. The summed E-state index contributed by atoms with van der Waals surface area (Å²) in [5.41, 5.74) is -0.0471. The number of piperidine rings is 1. The van der Waals surface area contributed by atoms with Crippen LogP contribution < -0.4 is 10.6 Å². The van der Waals surface area contributed by atoms with Crippen LogP contribution >= 0.6 is 0 Å². The van der Waals surface area contributed by atoms with E-state index >= 15 is 0 Å². The third-order valence-corrected chi connectivity index (χ3v) is 4.82. The highest BCUT2D eigenvalue weighted by atomic mass is 19.1. The lowest BCUT2D eigenvalue weighted by Gasteiger charge is -2.36. The summed E-state index contributed by atoms with van der Waals surface area (Å²) in [6.45, 7) is 9.60. The van der Waals surface area contributed by atoms with Gasteiger partial charge in [0.15, 0.2) is 0 Å². The normalized spacial score (nSPS) is 19.0. The van der Waals surface area contributed by atoms with E-state index in [1.165, 1.54) is 6.07 Å². The third kappa shape index (κ3) is 7.11. The van der Waals surface area contributed by atoms with Crippen molar-refractivity contribution in [2.75, 3.05) is 19.6 Å². The Labute approximate surface area is 166 Å². The maximum Gasteiger partial charge on any atom is 0.407 e. The molecule has 6 nitrogen and oxygen atoms in total. The quantitative estimate of drug-likeness (QED) is 0.779. The van der Waals surface area contributed by atoms with Crippen molar-refractivity contribution in [3.63, 3.8) is 0 Å². The molecule has 1 aromatic rings. The lowest BCUT2D eigenvalue weighted by molar-refractivity contribution is -0.126. The monoisotopic (exact) mass is 393 g/mol. The number of benzene rings is 1. The van der Waals surface area contributed by atoms with Crippen LogP contribution in [0.5, 0.6) is 0 Å². The molecule has 1 saturated heterocycles. The molecular formula is C21H32FN3O3. The summed E-state index contributed by atoms with van der Waals surface area (Å²) in [6.07, 6.45) is 1.54. The Bertz CT molecular complexity index is 675. The van der Waals surface area contributed by atoms with Gasteiger partial charge in [0.2, 0.25) is 5.91 Å². The summed E-state index contributed by atoms with van der Waals surface area (Å²) < 4.78 is 19.0. The van der Waals surface area contributed by atoms with Crippen molar-refractivity contribution in [2.45, 2.75) is 58.7 Å². The van der Waals surface area contributed by atoms with Gasteiger partial charge in [-0.1, -0.05) is 18.2 Å². The number of hydrogen-bond donors (Lipinski definition) is 2. The first-order chi connectivity index (χ1) is 13.2. The van der Waals surface area contributed by atoms with Gasteiger partial charge < -0.3 is 15.4 Å². The smallest absolute Gasteiger partial charge is 0.407 e. The van der Waals surface area contributed by atoms with Gasteiger partial charge >= 0.3 is 6.09 Å². The maximum absolute atomic E-state index is 13.7. The number of carbonyl (C=O) groups excluding carboxylic acids is 2. The number of hydrogen-bond acceptors (Lipinski definition) is 4. The molecule has 0 bridgehead atoms. The van der Waals surface area contributed by atoms with E-state index in [-0.39, 0.29) is 30.2 Å². The van der Waals surface area contributed by atoms with Crippen LogP contribution in [-0.4, -0.2) is 48.2 Å². The highest BCUT2D eigenvalue weighted by Gasteiger charge is 2.28. The van der Waals surface area contributed by atoms with Crippen molar-refractivity contribution in [2.24, 2.45) is 5.92 Å². The Morgan fingerprint density at radius 2 is 2.00 bits per heavy atom. The minimum Gasteiger partial charge on any atom is -0.444 e. The van der Waals surface area contributed by atoms with E-state index in [1.54, 1.807) is 18.2 Å². The van der Waals surface area contributed by atoms with E-state index in [0.717, 1.165) is 25.9 Å². The molecule has 0 aromatic heterocycles. The van der Waals surface area contributed by atoms with Crippen molar-refractivity contribution in [1.82, 2.24) is 15.5 Å². The Morgan fingerprint density at radius 3 is 2.68 bits per heavy atom. The average Bonchev–Trinajstić information content (AvgIpc) is 2.64. The molecule has 1 fully saturated rings. The summed E-state index contributed by atoms with van der Waals surface area (Å²) in [4.78, 5) is 26.4. The van der Waals surface area contributed by atoms with E-state index in [2.05, 4.69) is 15.5 Å². The maximum atomic E-state index is 13.7.